The summed E-state index contributed by atoms with van der Waals surface area (Å²) >= 11 is 0. The lowest BCUT2D eigenvalue weighted by Crippen LogP contribution is -2.47. The van der Waals surface area contributed by atoms with Gasteiger partial charge in [0.25, 0.3) is 0 Å². The van der Waals surface area contributed by atoms with Crippen molar-refractivity contribution in [2.24, 2.45) is 0 Å². The molecular weight excluding hydrogens is 164 g/mol. The molecule has 1 N–H and O–H groups in total. The van der Waals surface area contributed by atoms with E-state index in [2.05, 4.69) is 4.90 Å². The first-order valence-corrected chi connectivity index (χ1v) is 4.97. The van der Waals surface area contributed by atoms with E-state index < -0.39 is 5.60 Å². The molecule has 1 aliphatic rings. The van der Waals surface area contributed by atoms with Crippen molar-refractivity contribution in [3.05, 3.63) is 0 Å². The van der Waals surface area contributed by atoms with E-state index in [1.807, 2.05) is 13.8 Å². The van der Waals surface area contributed by atoms with Gasteiger partial charge in [0.2, 0.25) is 0 Å². The van der Waals surface area contributed by atoms with E-state index >= 15 is 0 Å². The second-order valence-electron chi connectivity index (χ2n) is 4.11. The third-order valence-corrected chi connectivity index (χ3v) is 2.75. The Hall–Kier alpha value is -0.570. The number of likely N-dealkylation sites (tertiary alicyclic amines) is 1. The molecule has 0 radical (unpaired) electrons. The zero-order valence-corrected chi connectivity index (χ0v) is 8.89. The summed E-state index contributed by atoms with van der Waals surface area (Å²) in [5, 5.41) is 7.99. The fraction of sp³-hybridized carbons (Fsp3) is 0.900. The fourth-order valence-corrected chi connectivity index (χ4v) is 1.59. The summed E-state index contributed by atoms with van der Waals surface area (Å²) in [5.74, 6) is 0.620. The number of hydrogen-bond acceptors (Lipinski definition) is 2. The van der Waals surface area contributed by atoms with Gasteiger partial charge in [-0.2, -0.15) is 0 Å². The number of methoxy groups -OCH3 is 1. The van der Waals surface area contributed by atoms with Crippen LogP contribution in [-0.4, -0.2) is 36.5 Å². The van der Waals surface area contributed by atoms with Gasteiger partial charge in [-0.15, -0.1) is 0 Å². The van der Waals surface area contributed by atoms with Crippen molar-refractivity contribution in [2.75, 3.05) is 20.2 Å². The average Bonchev–Trinajstić information content (AvgIpc) is 2.18. The Morgan fingerprint density at radius 3 is 2.23 bits per heavy atom. The highest BCUT2D eigenvalue weighted by atomic mass is 16.5. The Bertz CT molecular complexity index is 183. The molecule has 0 aromatic carbocycles. The Morgan fingerprint density at radius 1 is 1.23 bits per heavy atom. The van der Waals surface area contributed by atoms with Gasteiger partial charge in [-0.3, -0.25) is 5.41 Å². The molecule has 0 amide bonds. The lowest BCUT2D eigenvalue weighted by molar-refractivity contribution is 0.0680. The third kappa shape index (κ3) is 2.44. The van der Waals surface area contributed by atoms with Crippen LogP contribution in [-0.2, 0) is 4.74 Å². The van der Waals surface area contributed by atoms with E-state index in [1.54, 1.807) is 7.11 Å². The van der Waals surface area contributed by atoms with E-state index in [9.17, 15) is 0 Å². The van der Waals surface area contributed by atoms with Crippen LogP contribution in [0.1, 0.15) is 33.1 Å². The highest BCUT2D eigenvalue weighted by molar-refractivity contribution is 5.87. The number of rotatable bonds is 2. The number of hydrogen-bond donors (Lipinski definition) is 1. The molecule has 0 saturated carbocycles. The van der Waals surface area contributed by atoms with Gasteiger partial charge >= 0.3 is 0 Å². The van der Waals surface area contributed by atoms with Crippen LogP contribution >= 0.6 is 0 Å². The number of amidine groups is 1. The van der Waals surface area contributed by atoms with Crippen LogP contribution in [0.3, 0.4) is 0 Å². The van der Waals surface area contributed by atoms with Gasteiger partial charge in [0.15, 0.2) is 0 Å². The summed E-state index contributed by atoms with van der Waals surface area (Å²) < 4.78 is 5.29. The average molecular weight is 184 g/mol. The Balaban J connectivity index is 2.55. The first-order valence-electron chi connectivity index (χ1n) is 4.97. The number of piperidine rings is 1. The Labute approximate surface area is 80.6 Å². The maximum Gasteiger partial charge on any atom is 0.128 e. The van der Waals surface area contributed by atoms with Crippen LogP contribution in [0.2, 0.25) is 0 Å². The molecule has 1 saturated heterocycles. The number of ether oxygens (including phenoxy) is 1. The van der Waals surface area contributed by atoms with Gasteiger partial charge in [0.1, 0.15) is 11.4 Å². The lowest BCUT2D eigenvalue weighted by Gasteiger charge is -2.36. The summed E-state index contributed by atoms with van der Waals surface area (Å²) in [6.07, 6.45) is 3.72. The van der Waals surface area contributed by atoms with Crippen molar-refractivity contribution in [1.29, 1.82) is 5.41 Å². The largest absolute Gasteiger partial charge is 0.371 e. The minimum absolute atomic E-state index is 0.433. The summed E-state index contributed by atoms with van der Waals surface area (Å²) in [6, 6.07) is 0. The smallest absolute Gasteiger partial charge is 0.128 e. The standard InChI is InChI=1S/C10H20N2O/c1-10(2,13-3)9(11)12-7-5-4-6-8-12/h11H,4-8H2,1-3H3. The molecule has 3 heteroatoms. The SMILES string of the molecule is COC(C)(C)C(=N)N1CCCCC1. The molecule has 1 aliphatic heterocycles. The highest BCUT2D eigenvalue weighted by Crippen LogP contribution is 2.17. The molecule has 3 nitrogen and oxygen atoms in total. The third-order valence-electron chi connectivity index (χ3n) is 2.75. The molecule has 0 bridgehead atoms. The van der Waals surface area contributed by atoms with Crippen LogP contribution in [0.5, 0.6) is 0 Å². The summed E-state index contributed by atoms with van der Waals surface area (Å²) in [5.41, 5.74) is -0.433. The summed E-state index contributed by atoms with van der Waals surface area (Å²) in [7, 11) is 1.67. The van der Waals surface area contributed by atoms with E-state index in [4.69, 9.17) is 10.1 Å². The summed E-state index contributed by atoms with van der Waals surface area (Å²) in [6.45, 7) is 5.94. The van der Waals surface area contributed by atoms with Gasteiger partial charge in [-0.25, -0.2) is 0 Å². The van der Waals surface area contributed by atoms with Gasteiger partial charge in [-0.1, -0.05) is 0 Å². The molecule has 1 rings (SSSR count). The molecular formula is C10H20N2O. The molecule has 76 valence electrons. The van der Waals surface area contributed by atoms with Crippen LogP contribution < -0.4 is 0 Å². The predicted molar refractivity (Wildman–Crippen MR) is 54.2 cm³/mol. The topological polar surface area (TPSA) is 36.3 Å². The quantitative estimate of drug-likeness (QED) is 0.525. The van der Waals surface area contributed by atoms with Crippen molar-refractivity contribution < 1.29 is 4.74 Å². The first-order chi connectivity index (χ1) is 6.08. The van der Waals surface area contributed by atoms with E-state index in [1.165, 1.54) is 19.3 Å². The minimum atomic E-state index is -0.433. The van der Waals surface area contributed by atoms with Gasteiger partial charge < -0.3 is 9.64 Å². The monoisotopic (exact) mass is 184 g/mol. The molecule has 0 aliphatic carbocycles. The lowest BCUT2D eigenvalue weighted by atomic mass is 10.0. The Kier molecular flexibility index (Phi) is 3.31. The first kappa shape index (κ1) is 10.5. The second kappa shape index (κ2) is 4.09. The van der Waals surface area contributed by atoms with Crippen molar-refractivity contribution >= 4 is 5.84 Å². The van der Waals surface area contributed by atoms with Crippen LogP contribution in [0.25, 0.3) is 0 Å². The van der Waals surface area contributed by atoms with E-state index in [0.717, 1.165) is 13.1 Å². The van der Waals surface area contributed by atoms with Gasteiger partial charge in [0.05, 0.1) is 0 Å². The second-order valence-corrected chi connectivity index (χ2v) is 4.11. The molecule has 0 spiro atoms. The van der Waals surface area contributed by atoms with Crippen LogP contribution in [0.4, 0.5) is 0 Å². The van der Waals surface area contributed by atoms with Gasteiger partial charge in [0, 0.05) is 20.2 Å². The number of nitrogens with one attached hydrogen (secondary N) is 1. The van der Waals surface area contributed by atoms with Crippen molar-refractivity contribution in [3.8, 4) is 0 Å². The predicted octanol–water partition coefficient (Wildman–Crippen LogP) is 1.87. The maximum atomic E-state index is 7.99. The van der Waals surface area contributed by atoms with Crippen molar-refractivity contribution in [3.63, 3.8) is 0 Å². The molecule has 0 aromatic heterocycles. The zero-order chi connectivity index (χ0) is 9.90. The molecule has 1 fully saturated rings. The van der Waals surface area contributed by atoms with E-state index in [0.29, 0.717) is 5.84 Å². The number of nitrogens with zero attached hydrogens (tertiary/aromatic N) is 1. The Morgan fingerprint density at radius 2 is 1.77 bits per heavy atom. The molecule has 13 heavy (non-hydrogen) atoms. The highest BCUT2D eigenvalue weighted by Gasteiger charge is 2.28. The molecule has 0 aromatic rings. The molecule has 1 heterocycles. The fourth-order valence-electron chi connectivity index (χ4n) is 1.59. The van der Waals surface area contributed by atoms with Crippen LogP contribution in [0.15, 0.2) is 0 Å². The zero-order valence-electron chi connectivity index (χ0n) is 8.89. The summed E-state index contributed by atoms with van der Waals surface area (Å²) in [4.78, 5) is 2.13. The normalized spacial score (nSPS) is 18.8. The van der Waals surface area contributed by atoms with Crippen molar-refractivity contribution in [2.45, 2.75) is 38.7 Å². The van der Waals surface area contributed by atoms with E-state index in [-0.39, 0.29) is 0 Å². The van der Waals surface area contributed by atoms with Crippen molar-refractivity contribution in [1.82, 2.24) is 4.90 Å². The van der Waals surface area contributed by atoms with Gasteiger partial charge in [-0.05, 0) is 33.1 Å². The molecule has 0 atom stereocenters. The molecule has 0 unspecified atom stereocenters. The van der Waals surface area contributed by atoms with Crippen LogP contribution in [0, 0.1) is 5.41 Å². The maximum absolute atomic E-state index is 7.99. The minimum Gasteiger partial charge on any atom is -0.371 e.